The molecule has 3 rings (SSSR count). The first-order valence-electron chi connectivity index (χ1n) is 9.74. The van der Waals surface area contributed by atoms with Gasteiger partial charge in [-0.2, -0.15) is 0 Å². The Morgan fingerprint density at radius 3 is 1.79 bits per heavy atom. The van der Waals surface area contributed by atoms with E-state index in [0.717, 1.165) is 43.9 Å². The SMILES string of the molecule is CCCCN(CCCC)c1cc(F)c2c(c1F)C(=O)c1c(O)ccc(O)c1C2=O. The number of ketones is 2. The molecule has 0 unspecified atom stereocenters. The highest BCUT2D eigenvalue weighted by atomic mass is 19.1. The van der Waals surface area contributed by atoms with Gasteiger partial charge in [0.1, 0.15) is 17.3 Å². The van der Waals surface area contributed by atoms with Crippen LogP contribution in [0.3, 0.4) is 0 Å². The minimum absolute atomic E-state index is 0.0765. The Labute approximate surface area is 167 Å². The number of phenols is 2. The van der Waals surface area contributed by atoms with E-state index in [4.69, 9.17) is 0 Å². The number of hydrogen-bond acceptors (Lipinski definition) is 5. The Hall–Kier alpha value is -2.96. The summed E-state index contributed by atoms with van der Waals surface area (Å²) in [4.78, 5) is 27.4. The lowest BCUT2D eigenvalue weighted by atomic mass is 9.82. The molecule has 0 fully saturated rings. The standard InChI is InChI=1S/C22H23F2NO4/c1-3-5-9-25(10-6-4-2)13-11-12(23)16-19(20(13)24)22(29)18-15(27)8-7-14(26)17(18)21(16)28/h7-8,11,26-27H,3-6,9-10H2,1-2H3. The van der Waals surface area contributed by atoms with Gasteiger partial charge >= 0.3 is 0 Å². The van der Waals surface area contributed by atoms with Gasteiger partial charge in [0.2, 0.25) is 11.6 Å². The maximum atomic E-state index is 15.5. The largest absolute Gasteiger partial charge is 0.507 e. The maximum Gasteiger partial charge on any atom is 0.201 e. The molecule has 1 aliphatic rings. The number of unbranched alkanes of at least 4 members (excludes halogenated alkanes) is 2. The second-order valence-corrected chi connectivity index (χ2v) is 7.15. The van der Waals surface area contributed by atoms with E-state index in [1.807, 2.05) is 13.8 Å². The Morgan fingerprint density at radius 2 is 1.31 bits per heavy atom. The molecular formula is C22H23F2NO4. The van der Waals surface area contributed by atoms with Gasteiger partial charge in [-0.15, -0.1) is 0 Å². The predicted octanol–water partition coefficient (Wildman–Crippen LogP) is 4.56. The molecule has 154 valence electrons. The summed E-state index contributed by atoms with van der Waals surface area (Å²) in [5.74, 6) is -5.20. The molecule has 0 heterocycles. The van der Waals surface area contributed by atoms with Crippen molar-refractivity contribution in [1.82, 2.24) is 0 Å². The highest BCUT2D eigenvalue weighted by Gasteiger charge is 2.40. The van der Waals surface area contributed by atoms with Gasteiger partial charge in [-0.3, -0.25) is 9.59 Å². The zero-order chi connectivity index (χ0) is 21.3. The molecule has 29 heavy (non-hydrogen) atoms. The van der Waals surface area contributed by atoms with E-state index < -0.39 is 57.0 Å². The summed E-state index contributed by atoms with van der Waals surface area (Å²) >= 11 is 0. The summed E-state index contributed by atoms with van der Waals surface area (Å²) in [7, 11) is 0. The third kappa shape index (κ3) is 3.45. The first-order chi connectivity index (χ1) is 13.8. The number of phenolic OH excluding ortho intramolecular Hbond substituents is 2. The molecule has 0 bridgehead atoms. The number of hydrogen-bond donors (Lipinski definition) is 2. The highest BCUT2D eigenvalue weighted by molar-refractivity contribution is 6.30. The number of nitrogens with zero attached hydrogens (tertiary/aromatic N) is 1. The van der Waals surface area contributed by atoms with Gasteiger partial charge in [-0.25, -0.2) is 8.78 Å². The van der Waals surface area contributed by atoms with E-state index in [1.165, 1.54) is 0 Å². The molecular weight excluding hydrogens is 380 g/mol. The van der Waals surface area contributed by atoms with Crippen molar-refractivity contribution in [2.45, 2.75) is 39.5 Å². The van der Waals surface area contributed by atoms with E-state index in [9.17, 15) is 24.2 Å². The molecule has 0 aliphatic heterocycles. The van der Waals surface area contributed by atoms with E-state index >= 15 is 4.39 Å². The van der Waals surface area contributed by atoms with Gasteiger partial charge in [0, 0.05) is 19.2 Å². The van der Waals surface area contributed by atoms with E-state index in [-0.39, 0.29) is 5.69 Å². The van der Waals surface area contributed by atoms with Crippen LogP contribution in [0.15, 0.2) is 18.2 Å². The molecule has 0 spiro atoms. The number of benzene rings is 2. The van der Waals surface area contributed by atoms with Crippen molar-refractivity contribution < 1.29 is 28.6 Å². The fraction of sp³-hybridized carbons (Fsp3) is 0.364. The number of halogens is 2. The molecule has 0 amide bonds. The van der Waals surface area contributed by atoms with Crippen molar-refractivity contribution in [2.24, 2.45) is 0 Å². The van der Waals surface area contributed by atoms with Gasteiger partial charge in [-0.1, -0.05) is 26.7 Å². The summed E-state index contributed by atoms with van der Waals surface area (Å²) < 4.78 is 30.4. The summed E-state index contributed by atoms with van der Waals surface area (Å²) in [6.07, 6.45) is 3.23. The Balaban J connectivity index is 2.21. The van der Waals surface area contributed by atoms with Crippen molar-refractivity contribution >= 4 is 17.3 Å². The van der Waals surface area contributed by atoms with Crippen LogP contribution in [0.5, 0.6) is 11.5 Å². The third-order valence-corrected chi connectivity index (χ3v) is 5.17. The molecule has 0 radical (unpaired) electrons. The second kappa shape index (κ2) is 8.19. The molecule has 0 atom stereocenters. The number of fused-ring (bicyclic) bond motifs is 2. The molecule has 0 saturated heterocycles. The number of rotatable bonds is 7. The number of anilines is 1. The van der Waals surface area contributed by atoms with E-state index in [2.05, 4.69) is 0 Å². The van der Waals surface area contributed by atoms with Crippen molar-refractivity contribution in [3.63, 3.8) is 0 Å². The maximum absolute atomic E-state index is 15.5. The van der Waals surface area contributed by atoms with Crippen LogP contribution < -0.4 is 4.90 Å². The lowest BCUT2D eigenvalue weighted by Crippen LogP contribution is -2.30. The minimum atomic E-state index is -1.03. The number of aromatic hydroxyl groups is 2. The fourth-order valence-electron chi connectivity index (χ4n) is 3.62. The smallest absolute Gasteiger partial charge is 0.201 e. The van der Waals surface area contributed by atoms with E-state index in [0.29, 0.717) is 13.1 Å². The summed E-state index contributed by atoms with van der Waals surface area (Å²) in [5.41, 5.74) is -2.51. The van der Waals surface area contributed by atoms with Crippen LogP contribution in [0.25, 0.3) is 0 Å². The quantitative estimate of drug-likeness (QED) is 0.566. The molecule has 5 nitrogen and oxygen atoms in total. The van der Waals surface area contributed by atoms with Gasteiger partial charge in [0.15, 0.2) is 5.82 Å². The second-order valence-electron chi connectivity index (χ2n) is 7.15. The molecule has 2 aromatic rings. The van der Waals surface area contributed by atoms with Crippen LogP contribution in [-0.4, -0.2) is 34.9 Å². The van der Waals surface area contributed by atoms with Gasteiger partial charge < -0.3 is 15.1 Å². The first kappa shape index (κ1) is 20.8. The average molecular weight is 403 g/mol. The van der Waals surface area contributed by atoms with Crippen LogP contribution in [-0.2, 0) is 0 Å². The van der Waals surface area contributed by atoms with Crippen LogP contribution in [0.1, 0.15) is 71.4 Å². The predicted molar refractivity (Wildman–Crippen MR) is 105 cm³/mol. The Kier molecular flexibility index (Phi) is 5.86. The Morgan fingerprint density at radius 1 is 0.828 bits per heavy atom. The summed E-state index contributed by atoms with van der Waals surface area (Å²) in [5, 5.41) is 20.0. The van der Waals surface area contributed by atoms with Crippen molar-refractivity contribution in [2.75, 3.05) is 18.0 Å². The molecule has 2 aromatic carbocycles. The summed E-state index contributed by atoms with van der Waals surface area (Å²) in [6.45, 7) is 4.93. The highest BCUT2D eigenvalue weighted by Crippen LogP contribution is 2.41. The third-order valence-electron chi connectivity index (χ3n) is 5.17. The molecule has 1 aliphatic carbocycles. The lowest BCUT2D eigenvalue weighted by molar-refractivity contribution is 0.0967. The van der Waals surface area contributed by atoms with Crippen molar-refractivity contribution in [3.8, 4) is 11.5 Å². The van der Waals surface area contributed by atoms with Gasteiger partial charge in [0.05, 0.1) is 27.9 Å². The van der Waals surface area contributed by atoms with Crippen LogP contribution in [0.4, 0.5) is 14.5 Å². The lowest BCUT2D eigenvalue weighted by Gasteiger charge is -2.28. The molecule has 0 saturated carbocycles. The van der Waals surface area contributed by atoms with Gasteiger partial charge in [0.25, 0.3) is 0 Å². The topological polar surface area (TPSA) is 77.8 Å². The van der Waals surface area contributed by atoms with Crippen molar-refractivity contribution in [3.05, 3.63) is 52.1 Å². The van der Waals surface area contributed by atoms with Crippen LogP contribution in [0.2, 0.25) is 0 Å². The van der Waals surface area contributed by atoms with E-state index in [1.54, 1.807) is 4.90 Å². The molecule has 2 N–H and O–H groups in total. The fourth-order valence-corrected chi connectivity index (χ4v) is 3.62. The van der Waals surface area contributed by atoms with Gasteiger partial charge in [-0.05, 0) is 25.0 Å². The normalized spacial score (nSPS) is 12.7. The minimum Gasteiger partial charge on any atom is -0.507 e. The number of carbonyl (C=O) groups excluding carboxylic acids is 2. The zero-order valence-corrected chi connectivity index (χ0v) is 16.4. The number of carbonyl (C=O) groups is 2. The Bertz CT molecular complexity index is 980. The zero-order valence-electron chi connectivity index (χ0n) is 16.4. The average Bonchev–Trinajstić information content (AvgIpc) is 2.69. The molecule has 7 heteroatoms. The monoisotopic (exact) mass is 403 g/mol. The summed E-state index contributed by atoms with van der Waals surface area (Å²) in [6, 6.07) is 3.01. The van der Waals surface area contributed by atoms with Crippen LogP contribution >= 0.6 is 0 Å². The first-order valence-corrected chi connectivity index (χ1v) is 9.74. The van der Waals surface area contributed by atoms with Crippen molar-refractivity contribution in [1.29, 1.82) is 0 Å². The molecule has 0 aromatic heterocycles. The van der Waals surface area contributed by atoms with Crippen LogP contribution in [0, 0.1) is 11.6 Å².